The first-order chi connectivity index (χ1) is 15.2. The second-order valence-corrected chi connectivity index (χ2v) is 9.30. The van der Waals surface area contributed by atoms with Crippen molar-refractivity contribution in [3.8, 4) is 22.5 Å². The van der Waals surface area contributed by atoms with Crippen LogP contribution in [0.25, 0.3) is 22.5 Å². The van der Waals surface area contributed by atoms with Crippen LogP contribution < -0.4 is 0 Å². The number of aryl methyl sites for hydroxylation is 1. The normalized spacial score (nSPS) is 18.0. The molecule has 1 saturated carbocycles. The molecule has 0 radical (unpaired) electrons. The van der Waals surface area contributed by atoms with Gasteiger partial charge in [0.2, 0.25) is 5.82 Å². The van der Waals surface area contributed by atoms with Gasteiger partial charge in [-0.25, -0.2) is 0 Å². The second kappa shape index (κ2) is 8.67. The van der Waals surface area contributed by atoms with E-state index in [9.17, 15) is 0 Å². The van der Waals surface area contributed by atoms with Gasteiger partial charge in [0.25, 0.3) is 0 Å². The fraction of sp³-hybridized carbons (Fsp3) is 0.500. The number of aromatic nitrogens is 5. The van der Waals surface area contributed by atoms with E-state index in [0.29, 0.717) is 12.4 Å². The van der Waals surface area contributed by atoms with Crippen LogP contribution in [0.5, 0.6) is 0 Å². The van der Waals surface area contributed by atoms with Crippen LogP contribution in [0.2, 0.25) is 5.02 Å². The Morgan fingerprint density at radius 1 is 1.06 bits per heavy atom. The fourth-order valence-electron chi connectivity index (χ4n) is 5.53. The molecule has 0 bridgehead atoms. The SMILES string of the molecule is COCC1(c2nc3c(c(-c4cccc(Cl)c4)c2-c2nn[nH]n2)CCCCC3)CCCC1. The van der Waals surface area contributed by atoms with Crippen LogP contribution in [0.4, 0.5) is 0 Å². The first kappa shape index (κ1) is 20.6. The van der Waals surface area contributed by atoms with Gasteiger partial charge < -0.3 is 4.74 Å². The highest BCUT2D eigenvalue weighted by atomic mass is 35.5. The number of rotatable bonds is 5. The van der Waals surface area contributed by atoms with E-state index in [1.165, 1.54) is 42.5 Å². The third-order valence-electron chi connectivity index (χ3n) is 6.89. The van der Waals surface area contributed by atoms with Crippen LogP contribution in [-0.2, 0) is 23.0 Å². The Balaban J connectivity index is 1.87. The number of benzene rings is 1. The predicted octanol–water partition coefficient (Wildman–Crippen LogP) is 5.31. The number of H-pyrrole nitrogens is 1. The molecule has 3 aromatic rings. The van der Waals surface area contributed by atoms with Crippen LogP contribution in [0.3, 0.4) is 0 Å². The van der Waals surface area contributed by atoms with E-state index in [-0.39, 0.29) is 5.41 Å². The lowest BCUT2D eigenvalue weighted by Crippen LogP contribution is -2.31. The quantitative estimate of drug-likeness (QED) is 0.547. The summed E-state index contributed by atoms with van der Waals surface area (Å²) in [5.74, 6) is 0.604. The van der Waals surface area contributed by atoms with Crippen molar-refractivity contribution < 1.29 is 4.74 Å². The van der Waals surface area contributed by atoms with Gasteiger partial charge in [0, 0.05) is 23.2 Å². The Kier molecular flexibility index (Phi) is 5.76. The zero-order chi connectivity index (χ0) is 21.3. The van der Waals surface area contributed by atoms with Gasteiger partial charge in [0.15, 0.2) is 0 Å². The van der Waals surface area contributed by atoms with Gasteiger partial charge in [0.05, 0.1) is 17.9 Å². The minimum absolute atomic E-state index is 0.126. The van der Waals surface area contributed by atoms with Crippen molar-refractivity contribution in [3.63, 3.8) is 0 Å². The number of ether oxygens (including phenoxy) is 1. The number of hydrogen-bond donors (Lipinski definition) is 1. The highest BCUT2D eigenvalue weighted by Crippen LogP contribution is 2.48. The number of hydrogen-bond acceptors (Lipinski definition) is 5. The molecule has 2 aliphatic rings. The van der Waals surface area contributed by atoms with Gasteiger partial charge >= 0.3 is 0 Å². The van der Waals surface area contributed by atoms with Crippen molar-refractivity contribution >= 4 is 11.6 Å². The summed E-state index contributed by atoms with van der Waals surface area (Å²) in [7, 11) is 1.79. The maximum absolute atomic E-state index is 6.45. The molecule has 0 spiro atoms. The first-order valence-electron chi connectivity index (χ1n) is 11.3. The number of pyridine rings is 1. The van der Waals surface area contributed by atoms with E-state index in [1.54, 1.807) is 7.11 Å². The van der Waals surface area contributed by atoms with Gasteiger partial charge in [-0.3, -0.25) is 4.98 Å². The minimum Gasteiger partial charge on any atom is -0.384 e. The summed E-state index contributed by atoms with van der Waals surface area (Å²) >= 11 is 6.45. The van der Waals surface area contributed by atoms with Gasteiger partial charge in [-0.15, -0.1) is 10.2 Å². The fourth-order valence-corrected chi connectivity index (χ4v) is 5.72. The average molecular weight is 438 g/mol. The number of halogens is 1. The standard InChI is InChI=1S/C24H28ClN5O/c1-31-15-24(12-5-6-13-24)22-21(23-27-29-30-28-23)20(16-8-7-9-17(25)14-16)18-10-3-2-4-11-19(18)26-22/h7-9,14H,2-6,10-13,15H2,1H3,(H,27,28,29,30). The molecule has 2 aliphatic carbocycles. The maximum Gasteiger partial charge on any atom is 0.207 e. The van der Waals surface area contributed by atoms with E-state index < -0.39 is 0 Å². The predicted molar refractivity (Wildman–Crippen MR) is 121 cm³/mol. The summed E-state index contributed by atoms with van der Waals surface area (Å²) in [6, 6.07) is 8.12. The Morgan fingerprint density at radius 3 is 2.65 bits per heavy atom. The molecule has 162 valence electrons. The van der Waals surface area contributed by atoms with E-state index in [0.717, 1.165) is 53.9 Å². The summed E-state index contributed by atoms with van der Waals surface area (Å²) < 4.78 is 5.76. The molecular weight excluding hydrogens is 410 g/mol. The molecule has 0 amide bonds. The van der Waals surface area contributed by atoms with E-state index in [2.05, 4.69) is 26.7 Å². The molecule has 6 nitrogen and oxygen atoms in total. The summed E-state index contributed by atoms with van der Waals surface area (Å²) in [5, 5.41) is 16.1. The Hall–Kier alpha value is -2.31. The van der Waals surface area contributed by atoms with Crippen molar-refractivity contribution in [2.75, 3.05) is 13.7 Å². The Morgan fingerprint density at radius 2 is 1.90 bits per heavy atom. The highest BCUT2D eigenvalue weighted by molar-refractivity contribution is 6.30. The summed E-state index contributed by atoms with van der Waals surface area (Å²) in [6.45, 7) is 0.651. The number of nitrogens with zero attached hydrogens (tertiary/aromatic N) is 4. The van der Waals surface area contributed by atoms with Crippen LogP contribution in [0, 0.1) is 0 Å². The van der Waals surface area contributed by atoms with Crippen LogP contribution in [0.1, 0.15) is 61.9 Å². The first-order valence-corrected chi connectivity index (χ1v) is 11.6. The smallest absolute Gasteiger partial charge is 0.207 e. The molecule has 0 unspecified atom stereocenters. The van der Waals surface area contributed by atoms with Crippen LogP contribution >= 0.6 is 11.6 Å². The van der Waals surface area contributed by atoms with Gasteiger partial charge in [-0.05, 0) is 72.6 Å². The van der Waals surface area contributed by atoms with E-state index >= 15 is 0 Å². The monoisotopic (exact) mass is 437 g/mol. The third kappa shape index (κ3) is 3.76. The van der Waals surface area contributed by atoms with Gasteiger partial charge in [-0.1, -0.05) is 43.0 Å². The molecule has 2 heterocycles. The summed E-state index contributed by atoms with van der Waals surface area (Å²) in [5.41, 5.74) is 6.75. The van der Waals surface area contributed by atoms with Crippen molar-refractivity contribution in [1.82, 2.24) is 25.6 Å². The minimum atomic E-state index is -0.126. The average Bonchev–Trinajstić information content (AvgIpc) is 3.42. The number of methoxy groups -OCH3 is 1. The molecule has 1 fully saturated rings. The molecule has 0 atom stereocenters. The lowest BCUT2D eigenvalue weighted by Gasteiger charge is -2.32. The Bertz CT molecular complexity index is 1060. The maximum atomic E-state index is 6.45. The molecule has 5 rings (SSSR count). The molecule has 1 aromatic carbocycles. The van der Waals surface area contributed by atoms with E-state index in [4.69, 9.17) is 21.3 Å². The topological polar surface area (TPSA) is 76.6 Å². The molecular formula is C24H28ClN5O. The lowest BCUT2D eigenvalue weighted by molar-refractivity contribution is 0.129. The highest BCUT2D eigenvalue weighted by Gasteiger charge is 2.41. The van der Waals surface area contributed by atoms with Crippen LogP contribution in [-0.4, -0.2) is 39.3 Å². The lowest BCUT2D eigenvalue weighted by atomic mass is 9.77. The molecule has 0 saturated heterocycles. The molecule has 2 aromatic heterocycles. The van der Waals surface area contributed by atoms with Crippen LogP contribution in [0.15, 0.2) is 24.3 Å². The van der Waals surface area contributed by atoms with Gasteiger partial charge in [-0.2, -0.15) is 5.21 Å². The number of nitrogens with one attached hydrogen (secondary N) is 1. The Labute approximate surface area is 187 Å². The molecule has 1 N–H and O–H groups in total. The number of aromatic amines is 1. The van der Waals surface area contributed by atoms with Gasteiger partial charge in [0.1, 0.15) is 0 Å². The summed E-state index contributed by atoms with van der Waals surface area (Å²) in [6.07, 6.45) is 10.1. The largest absolute Gasteiger partial charge is 0.384 e. The van der Waals surface area contributed by atoms with Crippen molar-refractivity contribution in [3.05, 3.63) is 46.2 Å². The van der Waals surface area contributed by atoms with E-state index in [1.807, 2.05) is 18.2 Å². The van der Waals surface area contributed by atoms with Crippen molar-refractivity contribution in [2.24, 2.45) is 0 Å². The van der Waals surface area contributed by atoms with Crippen molar-refractivity contribution in [2.45, 2.75) is 63.2 Å². The number of fused-ring (bicyclic) bond motifs is 1. The molecule has 0 aliphatic heterocycles. The number of tetrazole rings is 1. The molecule has 31 heavy (non-hydrogen) atoms. The molecule has 7 heteroatoms. The third-order valence-corrected chi connectivity index (χ3v) is 7.13. The zero-order valence-corrected chi connectivity index (χ0v) is 18.7. The second-order valence-electron chi connectivity index (χ2n) is 8.86. The van der Waals surface area contributed by atoms with Crippen molar-refractivity contribution in [1.29, 1.82) is 0 Å². The summed E-state index contributed by atoms with van der Waals surface area (Å²) in [4.78, 5) is 5.38. The zero-order valence-electron chi connectivity index (χ0n) is 18.0.